The number of carbonyl (C=O) groups is 1. The summed E-state index contributed by atoms with van der Waals surface area (Å²) >= 11 is 3.48. The fourth-order valence-corrected chi connectivity index (χ4v) is 5.90. The van der Waals surface area contributed by atoms with Gasteiger partial charge in [0.05, 0.1) is 18.6 Å². The molecule has 3 aromatic rings. The molecule has 1 aliphatic heterocycles. The topological polar surface area (TPSA) is 66.9 Å². The van der Waals surface area contributed by atoms with E-state index >= 15 is 0 Å². The average molecular weight is 529 g/mol. The van der Waals surface area contributed by atoms with Gasteiger partial charge in [-0.3, -0.25) is 4.79 Å². The van der Waals surface area contributed by atoms with Crippen LogP contribution in [0.3, 0.4) is 0 Å². The molecule has 0 aromatic heterocycles. The van der Waals surface area contributed by atoms with E-state index in [9.17, 15) is 13.2 Å². The Morgan fingerprint density at radius 1 is 1.09 bits per heavy atom. The number of rotatable bonds is 7. The van der Waals surface area contributed by atoms with Crippen molar-refractivity contribution in [3.8, 4) is 5.75 Å². The van der Waals surface area contributed by atoms with Crippen LogP contribution in [0.2, 0.25) is 0 Å². The number of carbonyl (C=O) groups excluding carboxylic acids is 1. The van der Waals surface area contributed by atoms with Gasteiger partial charge in [-0.2, -0.15) is 4.31 Å². The lowest BCUT2D eigenvalue weighted by Crippen LogP contribution is -2.44. The molecule has 0 saturated heterocycles. The third kappa shape index (κ3) is 4.98. The SMILES string of the molecule is COc1ccc(S(=O)(=O)N(CC(=O)N2c3ccc(Br)cc3C[C@@H]2C)Cc2ccccc2)cc1. The molecule has 0 aliphatic carbocycles. The number of fused-ring (bicyclic) bond motifs is 1. The minimum Gasteiger partial charge on any atom is -0.497 e. The normalized spacial score (nSPS) is 15.5. The van der Waals surface area contributed by atoms with Gasteiger partial charge in [0.15, 0.2) is 0 Å². The second-order valence-corrected chi connectivity index (χ2v) is 10.9. The van der Waals surface area contributed by atoms with Crippen LogP contribution in [0.4, 0.5) is 5.69 Å². The van der Waals surface area contributed by atoms with E-state index in [4.69, 9.17) is 4.74 Å². The molecule has 6 nitrogen and oxygen atoms in total. The Bertz CT molecular complexity index is 1250. The summed E-state index contributed by atoms with van der Waals surface area (Å²) < 4.78 is 34.5. The van der Waals surface area contributed by atoms with E-state index in [1.165, 1.54) is 23.5 Å². The average Bonchev–Trinajstić information content (AvgIpc) is 3.14. The molecule has 8 heteroatoms. The lowest BCUT2D eigenvalue weighted by atomic mass is 10.1. The number of methoxy groups -OCH3 is 1. The predicted molar refractivity (Wildman–Crippen MR) is 132 cm³/mol. The van der Waals surface area contributed by atoms with Crippen molar-refractivity contribution in [2.24, 2.45) is 0 Å². The molecule has 1 aliphatic rings. The first kappa shape index (κ1) is 23.5. The number of anilines is 1. The summed E-state index contributed by atoms with van der Waals surface area (Å²) in [6.07, 6.45) is 0.727. The first-order valence-electron chi connectivity index (χ1n) is 10.6. The Morgan fingerprint density at radius 3 is 2.45 bits per heavy atom. The molecule has 172 valence electrons. The minimum atomic E-state index is -3.93. The van der Waals surface area contributed by atoms with Crippen LogP contribution in [0.1, 0.15) is 18.1 Å². The maximum Gasteiger partial charge on any atom is 0.243 e. The van der Waals surface area contributed by atoms with Crippen LogP contribution in [0.25, 0.3) is 0 Å². The Labute approximate surface area is 203 Å². The summed E-state index contributed by atoms with van der Waals surface area (Å²) in [5.41, 5.74) is 2.70. The van der Waals surface area contributed by atoms with Gasteiger partial charge in [-0.15, -0.1) is 0 Å². The van der Waals surface area contributed by atoms with E-state index in [2.05, 4.69) is 15.9 Å². The van der Waals surface area contributed by atoms with Crippen molar-refractivity contribution in [3.63, 3.8) is 0 Å². The maximum atomic E-state index is 13.6. The van der Waals surface area contributed by atoms with Crippen LogP contribution in [0, 0.1) is 0 Å². The standard InChI is InChI=1S/C25H25BrN2O4S/c1-18-14-20-15-21(26)8-13-24(20)28(18)25(29)17-27(16-19-6-4-3-5-7-19)33(30,31)23-11-9-22(32-2)10-12-23/h3-13,15,18H,14,16-17H2,1-2H3/t18-/m0/s1. The number of halogens is 1. The van der Waals surface area contributed by atoms with Gasteiger partial charge in [-0.1, -0.05) is 46.3 Å². The molecule has 1 amide bonds. The molecule has 3 aromatic carbocycles. The van der Waals surface area contributed by atoms with Crippen molar-refractivity contribution < 1.29 is 17.9 Å². The third-order valence-corrected chi connectivity index (χ3v) is 8.04. The lowest BCUT2D eigenvalue weighted by molar-refractivity contribution is -0.119. The minimum absolute atomic E-state index is 0.0518. The maximum absolute atomic E-state index is 13.6. The Morgan fingerprint density at radius 2 is 1.79 bits per heavy atom. The van der Waals surface area contributed by atoms with Crippen molar-refractivity contribution in [2.75, 3.05) is 18.6 Å². The monoisotopic (exact) mass is 528 g/mol. The van der Waals surface area contributed by atoms with Crippen molar-refractivity contribution in [2.45, 2.75) is 30.8 Å². The van der Waals surface area contributed by atoms with E-state index in [1.54, 1.807) is 17.0 Å². The molecule has 4 rings (SSSR count). The van der Waals surface area contributed by atoms with Crippen LogP contribution < -0.4 is 9.64 Å². The van der Waals surface area contributed by atoms with Crippen LogP contribution in [0.5, 0.6) is 5.75 Å². The number of amides is 1. The van der Waals surface area contributed by atoms with Crippen molar-refractivity contribution >= 4 is 37.5 Å². The van der Waals surface area contributed by atoms with E-state index in [-0.39, 0.29) is 29.9 Å². The predicted octanol–water partition coefficient (Wildman–Crippen LogP) is 4.63. The second-order valence-electron chi connectivity index (χ2n) is 8.02. The summed E-state index contributed by atoms with van der Waals surface area (Å²) in [5, 5.41) is 0. The van der Waals surface area contributed by atoms with E-state index in [1.807, 2.05) is 55.5 Å². The van der Waals surface area contributed by atoms with Crippen LogP contribution >= 0.6 is 15.9 Å². The van der Waals surface area contributed by atoms with E-state index in [0.29, 0.717) is 5.75 Å². The lowest BCUT2D eigenvalue weighted by Gasteiger charge is -2.27. The highest BCUT2D eigenvalue weighted by Gasteiger charge is 2.34. The molecule has 0 radical (unpaired) electrons. The van der Waals surface area contributed by atoms with Gasteiger partial charge in [0.2, 0.25) is 15.9 Å². The Balaban J connectivity index is 1.66. The van der Waals surface area contributed by atoms with Crippen LogP contribution in [-0.4, -0.2) is 38.3 Å². The molecule has 0 saturated carbocycles. The molecular formula is C25H25BrN2O4S. The third-order valence-electron chi connectivity index (χ3n) is 5.74. The molecule has 0 N–H and O–H groups in total. The van der Waals surface area contributed by atoms with Crippen molar-refractivity contribution in [3.05, 3.63) is 88.4 Å². The Kier molecular flexibility index (Phi) is 6.88. The van der Waals surface area contributed by atoms with Crippen LogP contribution in [0.15, 0.2) is 82.2 Å². The molecule has 1 heterocycles. The highest BCUT2D eigenvalue weighted by molar-refractivity contribution is 9.10. The van der Waals surface area contributed by atoms with Gasteiger partial charge >= 0.3 is 0 Å². The van der Waals surface area contributed by atoms with Gasteiger partial charge in [0.1, 0.15) is 5.75 Å². The number of hydrogen-bond donors (Lipinski definition) is 0. The van der Waals surface area contributed by atoms with E-state index in [0.717, 1.165) is 27.7 Å². The number of nitrogens with zero attached hydrogens (tertiary/aromatic N) is 2. The van der Waals surface area contributed by atoms with Gasteiger partial charge in [0, 0.05) is 22.7 Å². The highest BCUT2D eigenvalue weighted by atomic mass is 79.9. The van der Waals surface area contributed by atoms with Crippen molar-refractivity contribution in [1.29, 1.82) is 0 Å². The largest absolute Gasteiger partial charge is 0.497 e. The number of hydrogen-bond acceptors (Lipinski definition) is 4. The summed E-state index contributed by atoms with van der Waals surface area (Å²) in [5.74, 6) is 0.310. The Hall–Kier alpha value is -2.68. The smallest absolute Gasteiger partial charge is 0.243 e. The van der Waals surface area contributed by atoms with Gasteiger partial charge in [0.25, 0.3) is 0 Å². The fraction of sp³-hybridized carbons (Fsp3) is 0.240. The molecule has 33 heavy (non-hydrogen) atoms. The summed E-state index contributed by atoms with van der Waals surface area (Å²) in [6, 6.07) is 21.3. The molecule has 0 spiro atoms. The summed E-state index contributed by atoms with van der Waals surface area (Å²) in [6.45, 7) is 1.81. The summed E-state index contributed by atoms with van der Waals surface area (Å²) in [7, 11) is -2.40. The second kappa shape index (κ2) is 9.67. The first-order valence-corrected chi connectivity index (χ1v) is 12.8. The zero-order chi connectivity index (χ0) is 23.6. The molecule has 0 bridgehead atoms. The number of ether oxygens (including phenoxy) is 1. The quantitative estimate of drug-likeness (QED) is 0.448. The zero-order valence-electron chi connectivity index (χ0n) is 18.4. The van der Waals surface area contributed by atoms with Crippen molar-refractivity contribution in [1.82, 2.24) is 4.31 Å². The molecule has 0 fully saturated rings. The molecule has 1 atom stereocenters. The van der Waals surface area contributed by atoms with Gasteiger partial charge in [-0.25, -0.2) is 8.42 Å². The van der Waals surface area contributed by atoms with E-state index < -0.39 is 10.0 Å². The first-order chi connectivity index (χ1) is 15.8. The molecule has 0 unspecified atom stereocenters. The fourth-order valence-electron chi connectivity index (χ4n) is 4.12. The number of sulfonamides is 1. The number of benzene rings is 3. The summed E-state index contributed by atoms with van der Waals surface area (Å²) in [4.78, 5) is 15.3. The van der Waals surface area contributed by atoms with Crippen LogP contribution in [-0.2, 0) is 27.8 Å². The van der Waals surface area contributed by atoms with Gasteiger partial charge < -0.3 is 9.64 Å². The van der Waals surface area contributed by atoms with Gasteiger partial charge in [-0.05, 0) is 66.9 Å². The highest BCUT2D eigenvalue weighted by Crippen LogP contribution is 2.34. The zero-order valence-corrected chi connectivity index (χ0v) is 20.8. The molecular weight excluding hydrogens is 504 g/mol.